The molecule has 0 unspecified atom stereocenters. The summed E-state index contributed by atoms with van der Waals surface area (Å²) in [6.45, 7) is 5.01. The predicted molar refractivity (Wildman–Crippen MR) is 163 cm³/mol. The molecular weight excluding hydrogens is 622 g/mol. The van der Waals surface area contributed by atoms with E-state index in [0.717, 1.165) is 0 Å². The molecule has 2 saturated heterocycles. The highest BCUT2D eigenvalue weighted by molar-refractivity contribution is 5.99. The van der Waals surface area contributed by atoms with E-state index in [9.17, 15) is 53.7 Å². The van der Waals surface area contributed by atoms with Crippen LogP contribution in [0.5, 0.6) is 0 Å². The second-order valence-electron chi connectivity index (χ2n) is 12.3. The van der Waals surface area contributed by atoms with Gasteiger partial charge >= 0.3 is 11.9 Å². The summed E-state index contributed by atoms with van der Waals surface area (Å²) in [5.74, 6) is -8.77. The molecule has 7 atom stereocenters. The van der Waals surface area contributed by atoms with Gasteiger partial charge in [0.1, 0.15) is 36.3 Å². The number of unbranched alkanes of at least 4 members (excludes halogenated alkanes) is 1. The average molecular weight is 670 g/mol. The zero-order chi connectivity index (χ0) is 35.4. The van der Waals surface area contributed by atoms with E-state index in [1.807, 2.05) is 0 Å². The van der Waals surface area contributed by atoms with Gasteiger partial charge in [0.25, 0.3) is 0 Å². The molecule has 2 heterocycles. The van der Waals surface area contributed by atoms with Crippen LogP contribution in [0.1, 0.15) is 72.1 Å². The van der Waals surface area contributed by atoms with Gasteiger partial charge in [0.05, 0.1) is 18.9 Å². The maximum Gasteiger partial charge on any atom is 0.305 e. The molecule has 0 spiro atoms. The number of amides is 6. The van der Waals surface area contributed by atoms with Gasteiger partial charge in [0.2, 0.25) is 35.4 Å². The van der Waals surface area contributed by atoms with Gasteiger partial charge in [-0.25, -0.2) is 0 Å². The van der Waals surface area contributed by atoms with E-state index in [1.165, 1.54) is 11.8 Å². The summed E-state index contributed by atoms with van der Waals surface area (Å²) >= 11 is 0. The molecule has 2 fully saturated rings. The Morgan fingerprint density at radius 1 is 0.766 bits per heavy atom. The lowest BCUT2D eigenvalue weighted by Crippen LogP contribution is -2.63. The second kappa shape index (κ2) is 18.1. The molecule has 0 aromatic carbocycles. The van der Waals surface area contributed by atoms with Crippen molar-refractivity contribution in [3.8, 4) is 0 Å². The number of rotatable bonds is 11. The van der Waals surface area contributed by atoms with Crippen LogP contribution in [-0.2, 0) is 38.4 Å². The summed E-state index contributed by atoms with van der Waals surface area (Å²) in [7, 11) is 0. The Morgan fingerprint density at radius 2 is 1.28 bits per heavy atom. The Morgan fingerprint density at radius 3 is 1.81 bits per heavy atom. The van der Waals surface area contributed by atoms with Crippen molar-refractivity contribution in [2.45, 2.75) is 114 Å². The number of nitrogens with zero attached hydrogens (tertiary/aromatic N) is 1. The fraction of sp³-hybridized carbons (Fsp3) is 0.724. The van der Waals surface area contributed by atoms with E-state index in [2.05, 4.69) is 26.6 Å². The van der Waals surface area contributed by atoms with E-state index in [-0.39, 0.29) is 38.3 Å². The number of carboxylic acids is 2. The first kappa shape index (κ1) is 38.9. The number of nitrogens with one attached hydrogen (secondary N) is 5. The Bertz CT molecular complexity index is 1200. The molecule has 0 radical (unpaired) electrons. The second-order valence-corrected chi connectivity index (χ2v) is 12.3. The molecule has 0 saturated carbocycles. The summed E-state index contributed by atoms with van der Waals surface area (Å²) in [5.41, 5.74) is 5.60. The molecular formula is C29H47N7O11. The average Bonchev–Trinajstić information content (AvgIpc) is 3.46. The first-order valence-corrected chi connectivity index (χ1v) is 15.7. The Labute approximate surface area is 271 Å². The highest BCUT2D eigenvalue weighted by Gasteiger charge is 2.41. The zero-order valence-corrected chi connectivity index (χ0v) is 26.8. The SMILES string of the molecule is CC(C)C[C@@H]1NC(=O)[C@@H](CC(=O)O)NC(=O)[C@H]2CCCN2C(=O)[C@@H](CCCCN)NC(=O)[C@H]([C@@H](C)O)NC(=O)[C@@H](CC(=O)O)NC1=O. The van der Waals surface area contributed by atoms with Crippen LogP contribution in [-0.4, -0.2) is 123 Å². The minimum absolute atomic E-state index is 0.0259. The van der Waals surface area contributed by atoms with Crippen LogP contribution in [0.4, 0.5) is 0 Å². The number of carboxylic acid groups (broad SMARTS) is 2. The molecule has 0 bridgehead atoms. The molecule has 0 aliphatic carbocycles. The number of fused-ring (bicyclic) bond motifs is 1. The van der Waals surface area contributed by atoms with Crippen LogP contribution in [0, 0.1) is 5.92 Å². The highest BCUT2D eigenvalue weighted by Crippen LogP contribution is 2.21. The van der Waals surface area contributed by atoms with Crippen LogP contribution in [0.15, 0.2) is 0 Å². The maximum absolute atomic E-state index is 13.8. The lowest BCUT2D eigenvalue weighted by Gasteiger charge is -2.32. The monoisotopic (exact) mass is 669 g/mol. The predicted octanol–water partition coefficient (Wildman–Crippen LogP) is -3.08. The fourth-order valence-electron chi connectivity index (χ4n) is 5.46. The highest BCUT2D eigenvalue weighted by atomic mass is 16.4. The van der Waals surface area contributed by atoms with Crippen LogP contribution < -0.4 is 32.3 Å². The first-order chi connectivity index (χ1) is 22.0. The van der Waals surface area contributed by atoms with Gasteiger partial charge in [-0.3, -0.25) is 38.4 Å². The van der Waals surface area contributed by atoms with Crippen molar-refractivity contribution in [1.82, 2.24) is 31.5 Å². The van der Waals surface area contributed by atoms with Gasteiger partial charge in [-0.2, -0.15) is 0 Å². The van der Waals surface area contributed by atoms with E-state index in [0.29, 0.717) is 19.3 Å². The van der Waals surface area contributed by atoms with Crippen LogP contribution in [0.3, 0.4) is 0 Å². The summed E-state index contributed by atoms with van der Waals surface area (Å²) in [4.78, 5) is 105. The van der Waals surface area contributed by atoms with E-state index in [4.69, 9.17) is 5.73 Å². The smallest absolute Gasteiger partial charge is 0.305 e. The van der Waals surface area contributed by atoms with E-state index >= 15 is 0 Å². The first-order valence-electron chi connectivity index (χ1n) is 15.7. The number of carbonyl (C=O) groups excluding carboxylic acids is 6. The lowest BCUT2D eigenvalue weighted by molar-refractivity contribution is -0.145. The summed E-state index contributed by atoms with van der Waals surface area (Å²) in [5, 5.41) is 41.2. The summed E-state index contributed by atoms with van der Waals surface area (Å²) in [6.07, 6.45) is -1.85. The van der Waals surface area contributed by atoms with Gasteiger partial charge < -0.3 is 52.5 Å². The third kappa shape index (κ3) is 11.8. The topological polar surface area (TPSA) is 287 Å². The van der Waals surface area contributed by atoms with Crippen molar-refractivity contribution in [2.24, 2.45) is 11.7 Å². The number of nitrogens with two attached hydrogens (primary N) is 1. The molecule has 2 aliphatic rings. The van der Waals surface area contributed by atoms with Gasteiger partial charge in [0, 0.05) is 6.54 Å². The standard InChI is InChI=1S/C29H47N7O11/c1-14(2)11-17-24(42)33-19(13-22(40)41)26(44)35-23(15(3)37)28(46)31-16(7-4-5-9-30)29(47)36-10-6-8-20(36)27(45)34-18(12-21(38)39)25(43)32-17/h14-20,23,37H,4-13,30H2,1-3H3,(H,31,46)(H,32,43)(H,33,42)(H,34,45)(H,35,44)(H,38,39)(H,40,41)/t15-,16-,17+,18-,19-,20-,23+/m1/s1. The molecule has 264 valence electrons. The minimum Gasteiger partial charge on any atom is -0.481 e. The lowest BCUT2D eigenvalue weighted by atomic mass is 10.0. The summed E-state index contributed by atoms with van der Waals surface area (Å²) in [6, 6.07) is -8.86. The van der Waals surface area contributed by atoms with Crippen molar-refractivity contribution < 1.29 is 53.7 Å². The van der Waals surface area contributed by atoms with Crippen molar-refractivity contribution in [1.29, 1.82) is 0 Å². The third-order valence-corrected chi connectivity index (χ3v) is 7.83. The number of aliphatic hydroxyl groups excluding tert-OH is 1. The maximum atomic E-state index is 13.8. The molecule has 2 aliphatic heterocycles. The Balaban J connectivity index is 2.62. The molecule has 10 N–H and O–H groups in total. The third-order valence-electron chi connectivity index (χ3n) is 7.83. The van der Waals surface area contributed by atoms with Crippen LogP contribution in [0.2, 0.25) is 0 Å². The number of carbonyl (C=O) groups is 8. The van der Waals surface area contributed by atoms with Crippen LogP contribution >= 0.6 is 0 Å². The zero-order valence-electron chi connectivity index (χ0n) is 26.8. The molecule has 6 amide bonds. The van der Waals surface area contributed by atoms with Crippen molar-refractivity contribution in [3.05, 3.63) is 0 Å². The van der Waals surface area contributed by atoms with E-state index in [1.54, 1.807) is 13.8 Å². The van der Waals surface area contributed by atoms with Crippen molar-refractivity contribution in [2.75, 3.05) is 13.1 Å². The van der Waals surface area contributed by atoms with Gasteiger partial charge in [-0.05, 0) is 57.9 Å². The van der Waals surface area contributed by atoms with Crippen molar-refractivity contribution in [3.63, 3.8) is 0 Å². The molecule has 18 nitrogen and oxygen atoms in total. The van der Waals surface area contributed by atoms with Gasteiger partial charge in [0.15, 0.2) is 0 Å². The molecule has 2 rings (SSSR count). The Kier molecular flexibility index (Phi) is 15.0. The fourth-order valence-corrected chi connectivity index (χ4v) is 5.46. The Hall–Kier alpha value is -4.32. The normalized spacial score (nSPS) is 27.4. The number of hydrogen-bond acceptors (Lipinski definition) is 10. The largest absolute Gasteiger partial charge is 0.481 e. The number of aliphatic carboxylic acids is 2. The van der Waals surface area contributed by atoms with E-state index < -0.39 is 103 Å². The number of hydrogen-bond donors (Lipinski definition) is 9. The quantitative estimate of drug-likeness (QED) is 0.0991. The van der Waals surface area contributed by atoms with Gasteiger partial charge in [-0.1, -0.05) is 13.8 Å². The van der Waals surface area contributed by atoms with Crippen molar-refractivity contribution >= 4 is 47.4 Å². The van der Waals surface area contributed by atoms with Crippen LogP contribution in [0.25, 0.3) is 0 Å². The van der Waals surface area contributed by atoms with Gasteiger partial charge in [-0.15, -0.1) is 0 Å². The summed E-state index contributed by atoms with van der Waals surface area (Å²) < 4.78 is 0. The minimum atomic E-state index is -1.78. The molecule has 0 aromatic heterocycles. The molecule has 0 aromatic rings. The molecule has 18 heteroatoms. The number of aliphatic hydroxyl groups is 1. The molecule has 47 heavy (non-hydrogen) atoms.